The van der Waals surface area contributed by atoms with Gasteiger partial charge in [-0.15, -0.1) is 0 Å². The topological polar surface area (TPSA) is 119 Å². The highest BCUT2D eigenvalue weighted by Gasteiger charge is 2.14. The van der Waals surface area contributed by atoms with Gasteiger partial charge in [-0.1, -0.05) is 6.07 Å². The quantitative estimate of drug-likeness (QED) is 0.484. The molecule has 0 aliphatic heterocycles. The number of aromatic nitrogens is 4. The molecule has 160 valence electrons. The molecule has 0 saturated heterocycles. The van der Waals surface area contributed by atoms with E-state index in [2.05, 4.69) is 20.4 Å². The number of primary sulfonamides is 1. The highest BCUT2D eigenvalue weighted by molar-refractivity contribution is 7.89. The Bertz CT molecular complexity index is 1760. The van der Waals surface area contributed by atoms with Gasteiger partial charge in [-0.25, -0.2) is 18.5 Å². The van der Waals surface area contributed by atoms with Crippen LogP contribution in [0.2, 0.25) is 0 Å². The predicted octanol–water partition coefficient (Wildman–Crippen LogP) is 3.14. The van der Waals surface area contributed by atoms with E-state index in [9.17, 15) is 8.42 Å². The lowest BCUT2D eigenvalue weighted by molar-refractivity contribution is 0.597. The van der Waals surface area contributed by atoms with E-state index in [-0.39, 0.29) is 50.7 Å². The highest BCUT2D eigenvalue weighted by Crippen LogP contribution is 2.28. The molecule has 2 aromatic heterocycles. The van der Waals surface area contributed by atoms with Crippen molar-refractivity contribution >= 4 is 44.1 Å². The molecule has 0 aliphatic rings. The van der Waals surface area contributed by atoms with Crippen LogP contribution in [0.25, 0.3) is 10.9 Å². The maximum Gasteiger partial charge on any atom is 0.238 e. The Morgan fingerprint density at radius 1 is 1.29 bits per heavy atom. The van der Waals surface area contributed by atoms with Crippen LogP contribution >= 0.6 is 0 Å². The maximum atomic E-state index is 11.9. The molecule has 0 saturated carbocycles. The molecule has 0 spiro atoms. The Balaban J connectivity index is 1.85. The molecule has 0 fully saturated rings. The van der Waals surface area contributed by atoms with Crippen LogP contribution in [0.4, 0.5) is 23.1 Å². The van der Waals surface area contributed by atoms with Gasteiger partial charge < -0.3 is 10.2 Å². The molecule has 9 nitrogen and oxygen atoms in total. The lowest BCUT2D eigenvalue weighted by Crippen LogP contribution is -2.14. The van der Waals surface area contributed by atoms with Gasteiger partial charge in [0.1, 0.15) is 5.82 Å². The number of fused-ring (bicyclic) bond motifs is 1. The lowest BCUT2D eigenvalue weighted by atomic mass is 10.2. The maximum absolute atomic E-state index is 11.9. The Morgan fingerprint density at radius 2 is 2.10 bits per heavy atom. The summed E-state index contributed by atoms with van der Waals surface area (Å²) in [7, 11) is -1.28. The fraction of sp³-hybridized carbons (Fsp3) is 0.190. The summed E-state index contributed by atoms with van der Waals surface area (Å²) >= 11 is 0. The van der Waals surface area contributed by atoms with Gasteiger partial charge in [0.25, 0.3) is 0 Å². The molecule has 0 radical (unpaired) electrons. The molecule has 0 bridgehead atoms. The normalized spacial score (nSPS) is 15.7. The van der Waals surface area contributed by atoms with Gasteiger partial charge in [0.05, 0.1) is 17.3 Å². The summed E-state index contributed by atoms with van der Waals surface area (Å²) in [6, 6.07) is 2.54. The summed E-state index contributed by atoms with van der Waals surface area (Å²) in [6.45, 7) is -1.08. The molecule has 31 heavy (non-hydrogen) atoms. The molecule has 3 N–H and O–H groups in total. The summed E-state index contributed by atoms with van der Waals surface area (Å²) in [4.78, 5) is 9.18. The number of benzene rings is 2. The van der Waals surface area contributed by atoms with E-state index in [1.54, 1.807) is 13.0 Å². The molecule has 0 atom stereocenters. The second-order valence-corrected chi connectivity index (χ2v) is 8.27. The van der Waals surface area contributed by atoms with Crippen LogP contribution in [-0.4, -0.2) is 35.2 Å². The second-order valence-electron chi connectivity index (χ2n) is 6.74. The molecule has 4 aromatic rings. The minimum Gasteiger partial charge on any atom is -0.329 e. The second kappa shape index (κ2) is 7.64. The van der Waals surface area contributed by atoms with E-state index >= 15 is 0 Å². The highest BCUT2D eigenvalue weighted by atomic mass is 32.2. The molecule has 0 aliphatic carbocycles. The molecule has 2 heterocycles. The number of rotatable bonds is 5. The van der Waals surface area contributed by atoms with Crippen LogP contribution in [0.3, 0.4) is 0 Å². The van der Waals surface area contributed by atoms with E-state index in [1.165, 1.54) is 26.2 Å². The minimum atomic E-state index is -4.02. The van der Waals surface area contributed by atoms with Crippen molar-refractivity contribution < 1.29 is 19.4 Å². The summed E-state index contributed by atoms with van der Waals surface area (Å²) in [5, 5.41) is 12.0. The number of hydrogen-bond donors (Lipinski definition) is 2. The van der Waals surface area contributed by atoms with Crippen molar-refractivity contribution in [2.75, 3.05) is 17.3 Å². The number of nitrogens with one attached hydrogen (secondary N) is 1. The van der Waals surface area contributed by atoms with Crippen LogP contribution in [0, 0.1) is 13.8 Å². The van der Waals surface area contributed by atoms with Crippen LogP contribution in [0.15, 0.2) is 53.4 Å². The van der Waals surface area contributed by atoms with Crippen molar-refractivity contribution in [2.24, 2.45) is 12.2 Å². The van der Waals surface area contributed by atoms with Gasteiger partial charge >= 0.3 is 0 Å². The Hall–Kier alpha value is -3.50. The zero-order valence-electron chi connectivity index (χ0n) is 24.8. The molecular formula is C21H23N7O2S. The summed E-state index contributed by atoms with van der Waals surface area (Å²) < 4.78 is 90.5. The summed E-state index contributed by atoms with van der Waals surface area (Å²) in [5.74, 6) is -0.390. The van der Waals surface area contributed by atoms with Crippen molar-refractivity contribution in [1.29, 1.82) is 0 Å². The van der Waals surface area contributed by atoms with Gasteiger partial charge in [0.2, 0.25) is 16.0 Å². The SMILES string of the molecule is [2H]c1nc(Nc2ccc(C)c(S(N)(=O)=O)c2)nc(N(C)c2c([2H])c([2H])c3c(C([2H])([2H])[2H])n(C)nc3c2[2H])c1[2H]. The van der Waals surface area contributed by atoms with E-state index in [0.717, 1.165) is 9.58 Å². The van der Waals surface area contributed by atoms with E-state index in [1.807, 2.05) is 0 Å². The fourth-order valence-corrected chi connectivity index (χ4v) is 3.69. The zero-order valence-corrected chi connectivity index (χ0v) is 17.6. The van der Waals surface area contributed by atoms with Crippen LogP contribution in [0.1, 0.15) is 22.2 Å². The molecule has 0 unspecified atom stereocenters. The number of aryl methyl sites for hydroxylation is 3. The van der Waals surface area contributed by atoms with Crippen molar-refractivity contribution in [3.8, 4) is 0 Å². The standard InChI is InChI=1S/C21H23N7O2S/c1-13-5-6-15(11-19(13)31(22,29)30)24-21-23-10-9-20(25-21)27(3)16-7-8-17-14(2)28(4)26-18(17)12-16/h5-12H,1-4H3,(H2,22,29,30)(H,23,24,25)/i2D3,7D,8D,9D,10D,12D. The third-order valence-corrected chi connectivity index (χ3v) is 5.59. The monoisotopic (exact) mass is 445 g/mol. The van der Waals surface area contributed by atoms with Crippen molar-refractivity contribution in [3.05, 3.63) is 59.8 Å². The van der Waals surface area contributed by atoms with Crippen molar-refractivity contribution in [3.63, 3.8) is 0 Å². The molecular weight excluding hydrogens is 414 g/mol. The van der Waals surface area contributed by atoms with Gasteiger partial charge in [0, 0.05) is 46.8 Å². The zero-order chi connectivity index (χ0) is 29.2. The lowest BCUT2D eigenvalue weighted by Gasteiger charge is -2.19. The van der Waals surface area contributed by atoms with E-state index in [4.69, 9.17) is 16.1 Å². The first-order valence-electron chi connectivity index (χ1n) is 12.9. The predicted molar refractivity (Wildman–Crippen MR) is 121 cm³/mol. The van der Waals surface area contributed by atoms with E-state index in [0.29, 0.717) is 5.56 Å². The first-order valence-corrected chi connectivity index (χ1v) is 10.4. The summed E-state index contributed by atoms with van der Waals surface area (Å²) in [6.07, 6.45) is -0.513. The Kier molecular flexibility index (Phi) is 3.21. The van der Waals surface area contributed by atoms with Gasteiger partial charge in [-0.3, -0.25) is 4.68 Å². The van der Waals surface area contributed by atoms with Crippen molar-refractivity contribution in [1.82, 2.24) is 19.7 Å². The summed E-state index contributed by atoms with van der Waals surface area (Å²) in [5.41, 5.74) is 0.0617. The Labute approximate surface area is 191 Å². The third kappa shape index (κ3) is 4.07. The van der Waals surface area contributed by atoms with Crippen LogP contribution < -0.4 is 15.4 Å². The number of hydrogen-bond acceptors (Lipinski definition) is 7. The van der Waals surface area contributed by atoms with Crippen LogP contribution in [0.5, 0.6) is 0 Å². The fourth-order valence-electron chi connectivity index (χ4n) is 2.88. The van der Waals surface area contributed by atoms with Crippen molar-refractivity contribution in [2.45, 2.75) is 18.7 Å². The average molecular weight is 446 g/mol. The number of sulfonamides is 1. The first kappa shape index (κ1) is 13.0. The molecule has 4 rings (SSSR count). The number of nitrogens with zero attached hydrogens (tertiary/aromatic N) is 5. The number of anilines is 4. The average Bonchev–Trinajstić information content (AvgIpc) is 3.18. The van der Waals surface area contributed by atoms with Crippen LogP contribution in [-0.2, 0) is 17.1 Å². The Morgan fingerprint density at radius 3 is 2.84 bits per heavy atom. The third-order valence-electron chi connectivity index (χ3n) is 4.54. The largest absolute Gasteiger partial charge is 0.329 e. The smallest absolute Gasteiger partial charge is 0.238 e. The van der Waals surface area contributed by atoms with Gasteiger partial charge in [-0.2, -0.15) is 10.1 Å². The number of nitrogens with two attached hydrogens (primary N) is 1. The van der Waals surface area contributed by atoms with Gasteiger partial charge in [0.15, 0.2) is 0 Å². The molecule has 10 heteroatoms. The van der Waals surface area contributed by atoms with Gasteiger partial charge in [-0.05, 0) is 55.6 Å². The molecule has 0 amide bonds. The van der Waals surface area contributed by atoms with E-state index < -0.39 is 41.2 Å². The first-order chi connectivity index (χ1) is 17.9. The minimum absolute atomic E-state index is 0.119. The molecule has 2 aromatic carbocycles.